The van der Waals surface area contributed by atoms with E-state index >= 15 is 0 Å². The van der Waals surface area contributed by atoms with Crippen LogP contribution in [0.15, 0.2) is 36.8 Å². The van der Waals surface area contributed by atoms with Crippen LogP contribution in [0.25, 0.3) is 22.3 Å². The summed E-state index contributed by atoms with van der Waals surface area (Å²) in [6.07, 6.45) is 7.96. The topological polar surface area (TPSA) is 117 Å². The lowest BCUT2D eigenvalue weighted by atomic mass is 9.73. The molecule has 3 N–H and O–H groups in total. The summed E-state index contributed by atoms with van der Waals surface area (Å²) in [7, 11) is 4.07. The molecule has 7 rings (SSSR count). The van der Waals surface area contributed by atoms with Gasteiger partial charge >= 0.3 is 0 Å². The van der Waals surface area contributed by atoms with Crippen LogP contribution >= 0.6 is 0 Å². The average molecular weight is 515 g/mol. The van der Waals surface area contributed by atoms with Gasteiger partial charge in [0.05, 0.1) is 36.5 Å². The Labute approximate surface area is 221 Å². The molecule has 11 heteroatoms. The second-order valence-corrected chi connectivity index (χ2v) is 11.0. The van der Waals surface area contributed by atoms with Crippen molar-refractivity contribution in [2.75, 3.05) is 54.5 Å². The Bertz CT molecular complexity index is 1490. The number of ether oxygens (including phenoxy) is 1. The number of nitrogens with zero attached hydrogens (tertiary/aromatic N) is 8. The molecule has 11 nitrogen and oxygen atoms in total. The molecular weight excluding hydrogens is 480 g/mol. The van der Waals surface area contributed by atoms with Gasteiger partial charge in [-0.3, -0.25) is 9.78 Å². The first-order valence-electron chi connectivity index (χ1n) is 13.4. The van der Waals surface area contributed by atoms with E-state index in [2.05, 4.69) is 62.2 Å². The van der Waals surface area contributed by atoms with Crippen molar-refractivity contribution in [1.29, 1.82) is 0 Å². The fourth-order valence-corrected chi connectivity index (χ4v) is 6.29. The van der Waals surface area contributed by atoms with E-state index in [4.69, 9.17) is 20.4 Å². The molecule has 0 saturated carbocycles. The van der Waals surface area contributed by atoms with Gasteiger partial charge in [0.15, 0.2) is 17.0 Å². The molecule has 6 heterocycles. The van der Waals surface area contributed by atoms with Crippen LogP contribution in [0.4, 0.5) is 23.0 Å². The van der Waals surface area contributed by atoms with Crippen molar-refractivity contribution >= 4 is 34.2 Å². The van der Waals surface area contributed by atoms with E-state index in [9.17, 15) is 0 Å². The number of hydrogen-bond donors (Lipinski definition) is 2. The Morgan fingerprint density at radius 2 is 1.89 bits per heavy atom. The van der Waals surface area contributed by atoms with Crippen LogP contribution < -0.4 is 20.4 Å². The molecule has 0 aliphatic carbocycles. The number of likely N-dealkylation sites (N-methyl/N-ethyl adjacent to an activating group) is 1. The van der Waals surface area contributed by atoms with Crippen molar-refractivity contribution in [3.63, 3.8) is 0 Å². The first-order valence-corrected chi connectivity index (χ1v) is 13.4. The lowest BCUT2D eigenvalue weighted by molar-refractivity contribution is 0.0974. The molecule has 38 heavy (non-hydrogen) atoms. The van der Waals surface area contributed by atoms with Crippen LogP contribution in [0.2, 0.25) is 0 Å². The highest BCUT2D eigenvalue weighted by atomic mass is 16.5. The third-order valence-electron chi connectivity index (χ3n) is 8.80. The van der Waals surface area contributed by atoms with Gasteiger partial charge in [0.1, 0.15) is 5.82 Å². The van der Waals surface area contributed by atoms with E-state index in [-0.39, 0.29) is 17.6 Å². The minimum Gasteiger partial charge on any atom is -0.376 e. The number of nitrogens with one attached hydrogen (secondary N) is 1. The molecule has 1 aromatic carbocycles. The quantitative estimate of drug-likeness (QED) is 0.425. The third-order valence-corrected chi connectivity index (χ3v) is 8.80. The molecule has 0 unspecified atom stereocenters. The van der Waals surface area contributed by atoms with E-state index in [1.807, 2.05) is 30.3 Å². The van der Waals surface area contributed by atoms with Gasteiger partial charge in [-0.05, 0) is 37.5 Å². The Morgan fingerprint density at radius 3 is 2.63 bits per heavy atom. The van der Waals surface area contributed by atoms with E-state index in [1.54, 1.807) is 0 Å². The van der Waals surface area contributed by atoms with Crippen molar-refractivity contribution in [2.24, 2.45) is 18.2 Å². The molecule has 0 radical (unpaired) electrons. The minimum atomic E-state index is 0.0836. The normalized spacial score (nSPS) is 23.0. The first kappa shape index (κ1) is 23.4. The number of H-pyrrole nitrogens is 1. The van der Waals surface area contributed by atoms with Gasteiger partial charge < -0.3 is 25.2 Å². The van der Waals surface area contributed by atoms with Crippen molar-refractivity contribution in [2.45, 2.75) is 31.9 Å². The van der Waals surface area contributed by atoms with Crippen LogP contribution in [-0.4, -0.2) is 81.9 Å². The molecule has 0 bridgehead atoms. The van der Waals surface area contributed by atoms with Crippen LogP contribution in [0, 0.1) is 5.41 Å². The van der Waals surface area contributed by atoms with Gasteiger partial charge in [0.25, 0.3) is 0 Å². The predicted octanol–water partition coefficient (Wildman–Crippen LogP) is 2.67. The second kappa shape index (κ2) is 8.67. The number of anilines is 4. The van der Waals surface area contributed by atoms with Crippen LogP contribution in [0.1, 0.15) is 19.8 Å². The molecule has 2 fully saturated rings. The predicted molar refractivity (Wildman–Crippen MR) is 148 cm³/mol. The SMILES string of the molecule is C[C@@H]1OCC2(CCN(c3cnc4c(N5CCN(C)c6cc(-c7cnn(C)c7)ccc65)n[nH]c4n3)CC2)[C@@H]1N. The lowest BCUT2D eigenvalue weighted by Crippen LogP contribution is -2.50. The number of fused-ring (bicyclic) bond motifs is 2. The lowest BCUT2D eigenvalue weighted by Gasteiger charge is -2.41. The molecular formula is C27H34N10O. The largest absolute Gasteiger partial charge is 0.376 e. The number of aromatic nitrogens is 6. The molecule has 2 atom stereocenters. The van der Waals surface area contributed by atoms with E-state index < -0.39 is 0 Å². The summed E-state index contributed by atoms with van der Waals surface area (Å²) in [4.78, 5) is 16.6. The molecule has 3 aliphatic heterocycles. The van der Waals surface area contributed by atoms with Crippen molar-refractivity contribution in [3.05, 3.63) is 36.8 Å². The average Bonchev–Trinajstić information content (AvgIpc) is 3.64. The summed E-state index contributed by atoms with van der Waals surface area (Å²) in [6.45, 7) is 6.33. The number of rotatable bonds is 3. The number of benzene rings is 1. The smallest absolute Gasteiger partial charge is 0.183 e. The maximum Gasteiger partial charge on any atom is 0.183 e. The second-order valence-electron chi connectivity index (χ2n) is 11.0. The fourth-order valence-electron chi connectivity index (χ4n) is 6.29. The molecule has 3 aromatic heterocycles. The number of aromatic amines is 1. The van der Waals surface area contributed by atoms with Crippen molar-refractivity contribution in [1.82, 2.24) is 29.9 Å². The van der Waals surface area contributed by atoms with E-state index in [0.717, 1.165) is 85.3 Å². The van der Waals surface area contributed by atoms with E-state index in [1.165, 1.54) is 0 Å². The highest BCUT2D eigenvalue weighted by Crippen LogP contribution is 2.43. The number of aryl methyl sites for hydroxylation is 1. The zero-order valence-electron chi connectivity index (χ0n) is 22.1. The highest BCUT2D eigenvalue weighted by Gasteiger charge is 2.47. The standard InChI is InChI=1S/C27H34N10O/c1-17-24(28)27(16-38-17)6-8-36(9-7-27)22-14-29-23-25(31-22)32-33-26(23)37-11-10-34(2)21-12-18(4-5-20(21)37)19-13-30-35(3)15-19/h4-5,12-15,17,24H,6-11,16,28H2,1-3H3,(H,31,32,33)/t17-,24+/m0/s1. The Hall–Kier alpha value is -3.70. The first-order chi connectivity index (χ1) is 18.4. The molecule has 2 saturated heterocycles. The number of nitrogens with two attached hydrogens (primary N) is 1. The summed E-state index contributed by atoms with van der Waals surface area (Å²) < 4.78 is 7.71. The van der Waals surface area contributed by atoms with Crippen LogP contribution in [-0.2, 0) is 11.8 Å². The summed E-state index contributed by atoms with van der Waals surface area (Å²) in [5.41, 5.74) is 12.6. The van der Waals surface area contributed by atoms with Gasteiger partial charge in [0, 0.05) is 63.5 Å². The summed E-state index contributed by atoms with van der Waals surface area (Å²) in [5, 5.41) is 12.2. The zero-order chi connectivity index (χ0) is 26.0. The monoisotopic (exact) mass is 514 g/mol. The number of hydrogen-bond acceptors (Lipinski definition) is 9. The summed E-state index contributed by atoms with van der Waals surface area (Å²) in [6, 6.07) is 6.63. The van der Waals surface area contributed by atoms with Gasteiger partial charge in [0.2, 0.25) is 0 Å². The van der Waals surface area contributed by atoms with Gasteiger partial charge in [-0.15, -0.1) is 0 Å². The Kier molecular flexibility index (Phi) is 5.34. The summed E-state index contributed by atoms with van der Waals surface area (Å²) >= 11 is 0. The van der Waals surface area contributed by atoms with Crippen molar-refractivity contribution in [3.8, 4) is 11.1 Å². The Morgan fingerprint density at radius 1 is 1.05 bits per heavy atom. The molecule has 0 amide bonds. The fraction of sp³-hybridized carbons (Fsp3) is 0.481. The van der Waals surface area contributed by atoms with E-state index in [0.29, 0.717) is 5.65 Å². The van der Waals surface area contributed by atoms with Crippen LogP contribution in [0.3, 0.4) is 0 Å². The minimum absolute atomic E-state index is 0.0836. The van der Waals surface area contributed by atoms with Gasteiger partial charge in [-0.2, -0.15) is 10.2 Å². The van der Waals surface area contributed by atoms with Gasteiger partial charge in [-0.1, -0.05) is 6.07 Å². The van der Waals surface area contributed by atoms with Crippen molar-refractivity contribution < 1.29 is 4.74 Å². The maximum atomic E-state index is 6.51. The third kappa shape index (κ3) is 3.64. The molecule has 4 aromatic rings. The zero-order valence-corrected chi connectivity index (χ0v) is 22.1. The van der Waals surface area contributed by atoms with Gasteiger partial charge in [-0.25, -0.2) is 9.97 Å². The van der Waals surface area contributed by atoms with Crippen LogP contribution in [0.5, 0.6) is 0 Å². The highest BCUT2D eigenvalue weighted by molar-refractivity contribution is 5.91. The maximum absolute atomic E-state index is 6.51. The summed E-state index contributed by atoms with van der Waals surface area (Å²) in [5.74, 6) is 1.69. The number of piperidine rings is 1. The molecule has 198 valence electrons. The molecule has 1 spiro atoms. The molecule has 3 aliphatic rings. The Balaban J connectivity index is 1.15.